The Morgan fingerprint density at radius 2 is 1.88 bits per heavy atom. The van der Waals surface area contributed by atoms with Crippen LogP contribution in [0.5, 0.6) is 0 Å². The molecule has 0 fully saturated rings. The van der Waals surface area contributed by atoms with Crippen LogP contribution >= 0.6 is 0 Å². The van der Waals surface area contributed by atoms with Crippen molar-refractivity contribution in [2.24, 2.45) is 5.73 Å². The van der Waals surface area contributed by atoms with Crippen LogP contribution in [0.15, 0.2) is 48.5 Å². The predicted molar refractivity (Wildman–Crippen MR) is 124 cm³/mol. The third-order valence-corrected chi connectivity index (χ3v) is 6.67. The first-order valence-corrected chi connectivity index (χ1v) is 11.3. The zero-order valence-corrected chi connectivity index (χ0v) is 18.0. The summed E-state index contributed by atoms with van der Waals surface area (Å²) in [6.07, 6.45) is 2.39. The molecule has 1 aromatic heterocycles. The minimum absolute atomic E-state index is 0.0189. The molecule has 1 aliphatic heterocycles. The monoisotopic (exact) mass is 431 g/mol. The van der Waals surface area contributed by atoms with Crippen LogP contribution in [0.2, 0.25) is 0 Å². The van der Waals surface area contributed by atoms with E-state index in [1.165, 1.54) is 16.5 Å². The fourth-order valence-corrected chi connectivity index (χ4v) is 4.96. The molecule has 32 heavy (non-hydrogen) atoms. The smallest absolute Gasteiger partial charge is 0.237 e. The van der Waals surface area contributed by atoms with Gasteiger partial charge in [0, 0.05) is 36.1 Å². The number of nitrogens with two attached hydrogens (primary N) is 1. The minimum Gasteiger partial charge on any atom is -0.357 e. The molecule has 2 amide bonds. The van der Waals surface area contributed by atoms with Gasteiger partial charge < -0.3 is 21.4 Å². The lowest BCUT2D eigenvalue weighted by Crippen LogP contribution is -2.48. The van der Waals surface area contributed by atoms with Crippen LogP contribution < -0.4 is 21.7 Å². The van der Waals surface area contributed by atoms with Gasteiger partial charge in [-0.05, 0) is 42.0 Å². The van der Waals surface area contributed by atoms with E-state index in [1.54, 1.807) is 0 Å². The molecule has 2 heterocycles. The number of carbonyl (C=O) groups is 2. The van der Waals surface area contributed by atoms with Crippen molar-refractivity contribution >= 4 is 22.7 Å². The number of aromatic nitrogens is 1. The van der Waals surface area contributed by atoms with Gasteiger partial charge in [-0.15, -0.1) is 0 Å². The summed E-state index contributed by atoms with van der Waals surface area (Å²) in [4.78, 5) is 28.5. The van der Waals surface area contributed by atoms with E-state index in [4.69, 9.17) is 5.73 Å². The summed E-state index contributed by atoms with van der Waals surface area (Å²) in [5.41, 5.74) is 12.1. The fraction of sp³-hybridized carbons (Fsp3) is 0.360. The lowest BCUT2D eigenvalue weighted by atomic mass is 9.98. The summed E-state index contributed by atoms with van der Waals surface area (Å²) in [6, 6.07) is 15.8. The zero-order chi connectivity index (χ0) is 22.1. The number of rotatable bonds is 6. The van der Waals surface area contributed by atoms with Crippen molar-refractivity contribution < 1.29 is 9.59 Å². The Balaban J connectivity index is 1.07. The van der Waals surface area contributed by atoms with E-state index in [0.29, 0.717) is 32.4 Å². The van der Waals surface area contributed by atoms with E-state index < -0.39 is 0 Å². The lowest BCUT2D eigenvalue weighted by Gasteiger charge is -2.23. The second-order valence-corrected chi connectivity index (χ2v) is 8.76. The number of aromatic amines is 1. The number of H-pyrrole nitrogens is 1. The van der Waals surface area contributed by atoms with Gasteiger partial charge in [0.15, 0.2) is 0 Å². The normalized spacial score (nSPS) is 21.7. The maximum Gasteiger partial charge on any atom is 0.237 e. The number of nitrogens with one attached hydrogen (secondary N) is 4. The topological polar surface area (TPSA) is 112 Å². The van der Waals surface area contributed by atoms with Crippen LogP contribution in [-0.2, 0) is 29.0 Å². The first-order valence-electron chi connectivity index (χ1n) is 11.3. The first kappa shape index (κ1) is 20.7. The predicted octanol–water partition coefficient (Wildman–Crippen LogP) is 1.82. The molecule has 0 saturated heterocycles. The Bertz CT molecular complexity index is 1150. The number of fused-ring (bicyclic) bond motifs is 4. The average molecular weight is 432 g/mol. The molecule has 5 rings (SSSR count). The SMILES string of the molecule is NC1c2ccccc2CC1NC(=O)CCCNC(=O)C1Cc2c([nH]c3ccccc23)CN1. The maximum atomic E-state index is 12.7. The molecule has 0 radical (unpaired) electrons. The number of carbonyl (C=O) groups excluding carboxylic acids is 2. The number of amides is 2. The Kier molecular flexibility index (Phi) is 5.68. The Morgan fingerprint density at radius 1 is 1.06 bits per heavy atom. The quantitative estimate of drug-likeness (QED) is 0.383. The molecule has 7 nitrogen and oxygen atoms in total. The summed E-state index contributed by atoms with van der Waals surface area (Å²) in [5.74, 6) is -0.0404. The molecule has 166 valence electrons. The summed E-state index contributed by atoms with van der Waals surface area (Å²) in [6.45, 7) is 1.12. The van der Waals surface area contributed by atoms with Crippen LogP contribution in [0, 0.1) is 0 Å². The van der Waals surface area contributed by atoms with Crippen molar-refractivity contribution in [2.45, 2.75) is 50.4 Å². The maximum absolute atomic E-state index is 12.7. The van der Waals surface area contributed by atoms with E-state index in [0.717, 1.165) is 23.2 Å². The van der Waals surface area contributed by atoms with Crippen molar-refractivity contribution in [3.8, 4) is 0 Å². The Labute approximate surface area is 187 Å². The highest BCUT2D eigenvalue weighted by Gasteiger charge is 2.30. The summed E-state index contributed by atoms with van der Waals surface area (Å²) >= 11 is 0. The molecule has 7 heteroatoms. The summed E-state index contributed by atoms with van der Waals surface area (Å²) in [5, 5.41) is 10.5. The largest absolute Gasteiger partial charge is 0.357 e. The summed E-state index contributed by atoms with van der Waals surface area (Å²) < 4.78 is 0. The Hall–Kier alpha value is -3.16. The zero-order valence-electron chi connectivity index (χ0n) is 18.0. The number of hydrogen-bond acceptors (Lipinski definition) is 4. The van der Waals surface area contributed by atoms with Crippen LogP contribution in [0.3, 0.4) is 0 Å². The first-order chi connectivity index (χ1) is 15.6. The van der Waals surface area contributed by atoms with E-state index in [1.807, 2.05) is 30.3 Å². The van der Waals surface area contributed by atoms with Gasteiger partial charge >= 0.3 is 0 Å². The lowest BCUT2D eigenvalue weighted by molar-refractivity contribution is -0.124. The van der Waals surface area contributed by atoms with Crippen molar-refractivity contribution in [1.29, 1.82) is 0 Å². The van der Waals surface area contributed by atoms with Gasteiger partial charge in [-0.1, -0.05) is 42.5 Å². The average Bonchev–Trinajstić information content (AvgIpc) is 3.34. The molecule has 2 aromatic carbocycles. The van der Waals surface area contributed by atoms with Crippen molar-refractivity contribution in [3.05, 3.63) is 70.9 Å². The Morgan fingerprint density at radius 3 is 2.75 bits per heavy atom. The fourth-order valence-electron chi connectivity index (χ4n) is 4.96. The molecule has 6 N–H and O–H groups in total. The van der Waals surface area contributed by atoms with Crippen LogP contribution in [0.1, 0.15) is 41.3 Å². The highest BCUT2D eigenvalue weighted by atomic mass is 16.2. The van der Waals surface area contributed by atoms with Gasteiger partial charge in [0.25, 0.3) is 0 Å². The second kappa shape index (κ2) is 8.76. The van der Waals surface area contributed by atoms with Gasteiger partial charge in [0.1, 0.15) is 0 Å². The molecule has 0 spiro atoms. The van der Waals surface area contributed by atoms with E-state index in [2.05, 4.69) is 39.1 Å². The van der Waals surface area contributed by atoms with E-state index >= 15 is 0 Å². The molecule has 3 atom stereocenters. The van der Waals surface area contributed by atoms with E-state index in [9.17, 15) is 9.59 Å². The van der Waals surface area contributed by atoms with Crippen LogP contribution in [-0.4, -0.2) is 35.4 Å². The molecule has 3 unspecified atom stereocenters. The molecular weight excluding hydrogens is 402 g/mol. The molecule has 0 bridgehead atoms. The van der Waals surface area contributed by atoms with Gasteiger partial charge in [0.05, 0.1) is 18.1 Å². The van der Waals surface area contributed by atoms with Crippen molar-refractivity contribution in [2.75, 3.05) is 6.54 Å². The molecule has 2 aliphatic rings. The number of para-hydroxylation sites is 1. The number of benzene rings is 2. The summed E-state index contributed by atoms with van der Waals surface area (Å²) in [7, 11) is 0. The number of hydrogen-bond donors (Lipinski definition) is 5. The highest BCUT2D eigenvalue weighted by molar-refractivity contribution is 5.88. The third kappa shape index (κ3) is 4.01. The van der Waals surface area contributed by atoms with Gasteiger partial charge in [-0.3, -0.25) is 14.9 Å². The third-order valence-electron chi connectivity index (χ3n) is 6.67. The molecular formula is C25H29N5O2. The molecule has 3 aromatic rings. The minimum atomic E-state index is -0.259. The standard InChI is InChI=1S/C25H29N5O2/c26-24-16-7-2-1-6-15(16)12-20(24)30-23(31)10-5-11-27-25(32)21-13-18-17-8-3-4-9-19(17)29-22(18)14-28-21/h1-4,6-9,20-21,24,28-29H,5,10-14,26H2,(H,27,32)(H,30,31). The highest BCUT2D eigenvalue weighted by Crippen LogP contribution is 2.29. The van der Waals surface area contributed by atoms with Crippen LogP contribution in [0.4, 0.5) is 0 Å². The molecule has 0 saturated carbocycles. The van der Waals surface area contributed by atoms with Gasteiger partial charge in [-0.25, -0.2) is 0 Å². The van der Waals surface area contributed by atoms with Gasteiger partial charge in [0.2, 0.25) is 11.8 Å². The van der Waals surface area contributed by atoms with Crippen molar-refractivity contribution in [1.82, 2.24) is 20.9 Å². The van der Waals surface area contributed by atoms with E-state index in [-0.39, 0.29) is 29.9 Å². The second-order valence-electron chi connectivity index (χ2n) is 8.76. The van der Waals surface area contributed by atoms with Gasteiger partial charge in [-0.2, -0.15) is 0 Å². The van der Waals surface area contributed by atoms with Crippen molar-refractivity contribution in [3.63, 3.8) is 0 Å². The molecule has 1 aliphatic carbocycles. The van der Waals surface area contributed by atoms with Crippen LogP contribution in [0.25, 0.3) is 10.9 Å².